The second-order valence-corrected chi connectivity index (χ2v) is 8.01. The number of halogens is 1. The first-order chi connectivity index (χ1) is 11.1. The first kappa shape index (κ1) is 18.6. The molecule has 0 atom stereocenters. The molecule has 2 nitrogen and oxygen atoms in total. The van der Waals surface area contributed by atoms with Gasteiger partial charge >= 0.3 is 0 Å². The Morgan fingerprint density at radius 2 is 1.54 bits per heavy atom. The van der Waals surface area contributed by atoms with E-state index in [9.17, 15) is 4.39 Å². The van der Waals surface area contributed by atoms with Crippen LogP contribution in [-0.4, -0.2) is 9.97 Å². The van der Waals surface area contributed by atoms with Crippen molar-refractivity contribution in [1.29, 1.82) is 0 Å². The second kappa shape index (κ2) is 7.00. The van der Waals surface area contributed by atoms with Gasteiger partial charge in [-0.2, -0.15) is 0 Å². The molecule has 0 bridgehead atoms. The van der Waals surface area contributed by atoms with Gasteiger partial charge in [-0.1, -0.05) is 47.6 Å². The summed E-state index contributed by atoms with van der Waals surface area (Å²) in [5.41, 5.74) is 4.80. The molecule has 0 unspecified atom stereocenters. The van der Waals surface area contributed by atoms with Crippen LogP contribution in [0.25, 0.3) is 0 Å². The monoisotopic (exact) mass is 328 g/mol. The molecule has 0 aromatic carbocycles. The second-order valence-electron chi connectivity index (χ2n) is 8.01. The Morgan fingerprint density at radius 3 is 2.04 bits per heavy atom. The predicted molar refractivity (Wildman–Crippen MR) is 98.1 cm³/mol. The van der Waals surface area contributed by atoms with Gasteiger partial charge in [0.25, 0.3) is 0 Å². The van der Waals surface area contributed by atoms with Crippen LogP contribution in [-0.2, 0) is 11.8 Å². The maximum atomic E-state index is 14.3. The number of aryl methyl sites for hydroxylation is 1. The lowest BCUT2D eigenvalue weighted by atomic mass is 9.79. The molecule has 3 heteroatoms. The van der Waals surface area contributed by atoms with Crippen molar-refractivity contribution >= 4 is 0 Å². The molecule has 0 aliphatic heterocycles. The number of aromatic nitrogens is 2. The van der Waals surface area contributed by atoms with Gasteiger partial charge in [0.05, 0.1) is 5.69 Å². The summed E-state index contributed by atoms with van der Waals surface area (Å²) in [5, 5.41) is 0. The number of rotatable bonds is 5. The standard InChI is InChI=1S/C21H29FN2/c1-13(2)19-15(5)8-16(11-23-19)10-21(6,7)17-9-18(22)20(14(3)4)24-12-17/h8-9,11-14H,10H2,1-7H3. The van der Waals surface area contributed by atoms with Crippen molar-refractivity contribution in [3.8, 4) is 0 Å². The Morgan fingerprint density at radius 1 is 0.958 bits per heavy atom. The molecular weight excluding hydrogens is 299 g/mol. The van der Waals surface area contributed by atoms with E-state index in [1.807, 2.05) is 26.2 Å². The Labute approximate surface area is 145 Å². The van der Waals surface area contributed by atoms with Crippen LogP contribution in [0.4, 0.5) is 4.39 Å². The third kappa shape index (κ3) is 4.00. The highest BCUT2D eigenvalue weighted by Crippen LogP contribution is 2.30. The largest absolute Gasteiger partial charge is 0.260 e. The molecule has 0 aliphatic rings. The number of nitrogens with zero attached hydrogens (tertiary/aromatic N) is 2. The van der Waals surface area contributed by atoms with E-state index in [1.54, 1.807) is 6.07 Å². The van der Waals surface area contributed by atoms with E-state index in [2.05, 4.69) is 50.7 Å². The van der Waals surface area contributed by atoms with Crippen molar-refractivity contribution in [3.05, 3.63) is 58.4 Å². The van der Waals surface area contributed by atoms with E-state index in [0.29, 0.717) is 11.6 Å². The van der Waals surface area contributed by atoms with Crippen molar-refractivity contribution in [3.63, 3.8) is 0 Å². The van der Waals surface area contributed by atoms with E-state index >= 15 is 0 Å². The third-order valence-corrected chi connectivity index (χ3v) is 4.57. The molecule has 2 aromatic rings. The third-order valence-electron chi connectivity index (χ3n) is 4.57. The first-order valence-electron chi connectivity index (χ1n) is 8.73. The molecule has 130 valence electrons. The van der Waals surface area contributed by atoms with Crippen molar-refractivity contribution < 1.29 is 4.39 Å². The molecule has 24 heavy (non-hydrogen) atoms. The van der Waals surface area contributed by atoms with E-state index in [0.717, 1.165) is 17.7 Å². The summed E-state index contributed by atoms with van der Waals surface area (Å²) in [5.74, 6) is 0.312. The molecule has 0 spiro atoms. The van der Waals surface area contributed by atoms with Gasteiger partial charge in [-0.3, -0.25) is 9.97 Å². The molecule has 0 saturated carbocycles. The van der Waals surface area contributed by atoms with Gasteiger partial charge in [0.1, 0.15) is 5.82 Å². The minimum atomic E-state index is -0.208. The Kier molecular flexibility index (Phi) is 5.42. The van der Waals surface area contributed by atoms with Crippen molar-refractivity contribution in [2.75, 3.05) is 0 Å². The fourth-order valence-corrected chi connectivity index (χ4v) is 3.20. The van der Waals surface area contributed by atoms with Gasteiger partial charge in [0.2, 0.25) is 0 Å². The maximum Gasteiger partial charge on any atom is 0.145 e. The highest BCUT2D eigenvalue weighted by Gasteiger charge is 2.24. The van der Waals surface area contributed by atoms with Crippen LogP contribution >= 0.6 is 0 Å². The minimum Gasteiger partial charge on any atom is -0.260 e. The lowest BCUT2D eigenvalue weighted by Crippen LogP contribution is -2.22. The zero-order valence-corrected chi connectivity index (χ0v) is 15.9. The van der Waals surface area contributed by atoms with E-state index in [1.165, 1.54) is 11.1 Å². The van der Waals surface area contributed by atoms with Crippen LogP contribution < -0.4 is 0 Å². The predicted octanol–water partition coefficient (Wildman–Crippen LogP) is 5.69. The van der Waals surface area contributed by atoms with Gasteiger partial charge in [0, 0.05) is 18.1 Å². The van der Waals surface area contributed by atoms with Gasteiger partial charge in [-0.25, -0.2) is 4.39 Å². The topological polar surface area (TPSA) is 25.8 Å². The number of hydrogen-bond acceptors (Lipinski definition) is 2. The quantitative estimate of drug-likeness (QED) is 0.704. The average molecular weight is 328 g/mol. The van der Waals surface area contributed by atoms with Crippen LogP contribution in [0.15, 0.2) is 24.5 Å². The molecule has 2 heterocycles. The number of pyridine rings is 2. The zero-order valence-electron chi connectivity index (χ0n) is 15.9. The summed E-state index contributed by atoms with van der Waals surface area (Å²) in [4.78, 5) is 8.97. The maximum absolute atomic E-state index is 14.3. The van der Waals surface area contributed by atoms with Crippen LogP contribution in [0.2, 0.25) is 0 Å². The SMILES string of the molecule is Cc1cc(CC(C)(C)c2cnc(C(C)C)c(F)c2)cnc1C(C)C. The van der Waals surface area contributed by atoms with E-state index < -0.39 is 0 Å². The lowest BCUT2D eigenvalue weighted by molar-refractivity contribution is 0.505. The highest BCUT2D eigenvalue weighted by atomic mass is 19.1. The summed E-state index contributed by atoms with van der Waals surface area (Å²) in [6.45, 7) is 14.6. The zero-order chi connectivity index (χ0) is 18.1. The van der Waals surface area contributed by atoms with Gasteiger partial charge in [-0.05, 0) is 53.4 Å². The number of hydrogen-bond donors (Lipinski definition) is 0. The van der Waals surface area contributed by atoms with Crippen LogP contribution in [0.1, 0.15) is 81.5 Å². The van der Waals surface area contributed by atoms with Gasteiger partial charge < -0.3 is 0 Å². The van der Waals surface area contributed by atoms with Crippen molar-refractivity contribution in [2.45, 2.75) is 72.1 Å². The Balaban J connectivity index is 2.28. The Hall–Kier alpha value is -1.77. The van der Waals surface area contributed by atoms with Crippen molar-refractivity contribution in [1.82, 2.24) is 9.97 Å². The molecule has 0 N–H and O–H groups in total. The summed E-state index contributed by atoms with van der Waals surface area (Å²) in [7, 11) is 0. The van der Waals surface area contributed by atoms with E-state index in [4.69, 9.17) is 0 Å². The van der Waals surface area contributed by atoms with Crippen LogP contribution in [0, 0.1) is 12.7 Å². The fourth-order valence-electron chi connectivity index (χ4n) is 3.20. The summed E-state index contributed by atoms with van der Waals surface area (Å²) >= 11 is 0. The summed E-state index contributed by atoms with van der Waals surface area (Å²) in [6, 6.07) is 3.85. The van der Waals surface area contributed by atoms with Crippen molar-refractivity contribution in [2.24, 2.45) is 0 Å². The molecule has 2 rings (SSSR count). The molecule has 0 radical (unpaired) electrons. The molecule has 0 amide bonds. The van der Waals surface area contributed by atoms with Gasteiger partial charge in [-0.15, -0.1) is 0 Å². The smallest absolute Gasteiger partial charge is 0.145 e. The molecule has 2 aromatic heterocycles. The van der Waals surface area contributed by atoms with Crippen LogP contribution in [0.3, 0.4) is 0 Å². The fraction of sp³-hybridized carbons (Fsp3) is 0.524. The summed E-state index contributed by atoms with van der Waals surface area (Å²) < 4.78 is 14.3. The molecule has 0 fully saturated rings. The summed E-state index contributed by atoms with van der Waals surface area (Å²) in [6.07, 6.45) is 4.58. The first-order valence-corrected chi connectivity index (χ1v) is 8.73. The van der Waals surface area contributed by atoms with Gasteiger partial charge in [0.15, 0.2) is 0 Å². The average Bonchev–Trinajstić information content (AvgIpc) is 2.45. The normalized spacial score (nSPS) is 12.2. The van der Waals surface area contributed by atoms with E-state index in [-0.39, 0.29) is 17.2 Å². The lowest BCUT2D eigenvalue weighted by Gasteiger charge is -2.26. The molecule has 0 saturated heterocycles. The Bertz CT molecular complexity index is 718. The minimum absolute atomic E-state index is 0.0950. The highest BCUT2D eigenvalue weighted by molar-refractivity contribution is 5.31. The van der Waals surface area contributed by atoms with Crippen LogP contribution in [0.5, 0.6) is 0 Å². The molecular formula is C21H29FN2. The molecule has 0 aliphatic carbocycles.